The van der Waals surface area contributed by atoms with Crippen LogP contribution in [0.5, 0.6) is 0 Å². The zero-order chi connectivity index (χ0) is 15.5. The van der Waals surface area contributed by atoms with Crippen molar-refractivity contribution < 1.29 is 14.2 Å². The standard InChI is InChI=1S/C14H16N4O4/c1-2-13-15-14(22-16-13)10-3-4-11(12(9-10)18(19)20)17-5-7-21-8-6-17/h3-4,9H,2,5-8H2,1H3. The van der Waals surface area contributed by atoms with E-state index >= 15 is 0 Å². The normalized spacial score (nSPS) is 15.0. The summed E-state index contributed by atoms with van der Waals surface area (Å²) in [6, 6.07) is 4.98. The Hall–Kier alpha value is -2.48. The molecule has 2 aromatic rings. The molecule has 0 aliphatic carbocycles. The van der Waals surface area contributed by atoms with Gasteiger partial charge in [0, 0.05) is 31.1 Å². The van der Waals surface area contributed by atoms with E-state index in [9.17, 15) is 10.1 Å². The second-order valence-electron chi connectivity index (χ2n) is 4.93. The molecule has 1 aromatic carbocycles. The van der Waals surface area contributed by atoms with Gasteiger partial charge in [-0.25, -0.2) is 0 Å². The molecule has 8 heteroatoms. The van der Waals surface area contributed by atoms with Crippen LogP contribution in [0.25, 0.3) is 11.5 Å². The lowest BCUT2D eigenvalue weighted by Crippen LogP contribution is -2.36. The fourth-order valence-electron chi connectivity index (χ4n) is 2.39. The Balaban J connectivity index is 1.97. The molecule has 22 heavy (non-hydrogen) atoms. The van der Waals surface area contributed by atoms with Gasteiger partial charge < -0.3 is 14.2 Å². The molecular formula is C14H16N4O4. The Labute approximate surface area is 126 Å². The topological polar surface area (TPSA) is 94.5 Å². The smallest absolute Gasteiger partial charge is 0.293 e. The van der Waals surface area contributed by atoms with Crippen molar-refractivity contribution in [2.24, 2.45) is 0 Å². The van der Waals surface area contributed by atoms with Crippen molar-refractivity contribution in [2.45, 2.75) is 13.3 Å². The van der Waals surface area contributed by atoms with Crippen LogP contribution in [0.3, 0.4) is 0 Å². The second-order valence-corrected chi connectivity index (χ2v) is 4.93. The van der Waals surface area contributed by atoms with Crippen molar-refractivity contribution in [1.29, 1.82) is 0 Å². The molecule has 0 saturated carbocycles. The van der Waals surface area contributed by atoms with E-state index in [1.54, 1.807) is 12.1 Å². The van der Waals surface area contributed by atoms with E-state index in [0.717, 1.165) is 0 Å². The maximum absolute atomic E-state index is 11.4. The number of hydrogen-bond acceptors (Lipinski definition) is 7. The number of anilines is 1. The van der Waals surface area contributed by atoms with Gasteiger partial charge in [-0.2, -0.15) is 4.98 Å². The van der Waals surface area contributed by atoms with Gasteiger partial charge in [-0.15, -0.1) is 0 Å². The van der Waals surface area contributed by atoms with Crippen molar-refractivity contribution in [1.82, 2.24) is 10.1 Å². The number of rotatable bonds is 4. The predicted molar refractivity (Wildman–Crippen MR) is 78.8 cm³/mol. The lowest BCUT2D eigenvalue weighted by atomic mass is 10.1. The fourth-order valence-corrected chi connectivity index (χ4v) is 2.39. The van der Waals surface area contributed by atoms with Crippen molar-refractivity contribution in [3.63, 3.8) is 0 Å². The number of nitrogens with zero attached hydrogens (tertiary/aromatic N) is 4. The van der Waals surface area contributed by atoms with Gasteiger partial charge in [0.1, 0.15) is 5.69 Å². The van der Waals surface area contributed by atoms with Gasteiger partial charge in [0.25, 0.3) is 11.6 Å². The highest BCUT2D eigenvalue weighted by atomic mass is 16.6. The molecule has 0 atom stereocenters. The molecule has 1 aliphatic heterocycles. The number of aromatic nitrogens is 2. The predicted octanol–water partition coefficient (Wildman–Crippen LogP) is 2.04. The molecule has 8 nitrogen and oxygen atoms in total. The summed E-state index contributed by atoms with van der Waals surface area (Å²) < 4.78 is 10.4. The van der Waals surface area contributed by atoms with Gasteiger partial charge in [0.15, 0.2) is 5.82 Å². The van der Waals surface area contributed by atoms with E-state index < -0.39 is 0 Å². The zero-order valence-electron chi connectivity index (χ0n) is 12.2. The van der Waals surface area contributed by atoms with Crippen LogP contribution in [-0.4, -0.2) is 41.4 Å². The molecule has 0 radical (unpaired) electrons. The molecular weight excluding hydrogens is 288 g/mol. The van der Waals surface area contributed by atoms with E-state index in [1.165, 1.54) is 6.07 Å². The maximum Gasteiger partial charge on any atom is 0.293 e. The van der Waals surface area contributed by atoms with Crippen molar-refractivity contribution in [3.05, 3.63) is 34.1 Å². The molecule has 0 amide bonds. The van der Waals surface area contributed by atoms with Crippen LogP contribution in [0.4, 0.5) is 11.4 Å². The first-order valence-corrected chi connectivity index (χ1v) is 7.13. The highest BCUT2D eigenvalue weighted by Gasteiger charge is 2.23. The Bertz CT molecular complexity index is 679. The first-order chi connectivity index (χ1) is 10.7. The average Bonchev–Trinajstić information content (AvgIpc) is 3.04. The van der Waals surface area contributed by atoms with Gasteiger partial charge in [-0.3, -0.25) is 10.1 Å². The summed E-state index contributed by atoms with van der Waals surface area (Å²) in [6.07, 6.45) is 0.650. The number of ether oxygens (including phenoxy) is 1. The minimum atomic E-state index is -0.384. The number of nitro benzene ring substituents is 1. The second kappa shape index (κ2) is 6.10. The molecule has 1 saturated heterocycles. The highest BCUT2D eigenvalue weighted by molar-refractivity contribution is 5.71. The maximum atomic E-state index is 11.4. The monoisotopic (exact) mass is 304 g/mol. The minimum absolute atomic E-state index is 0.0376. The third kappa shape index (κ3) is 2.77. The van der Waals surface area contributed by atoms with E-state index in [-0.39, 0.29) is 10.6 Å². The largest absolute Gasteiger partial charge is 0.378 e. The molecule has 0 spiro atoms. The minimum Gasteiger partial charge on any atom is -0.378 e. The first-order valence-electron chi connectivity index (χ1n) is 7.13. The summed E-state index contributed by atoms with van der Waals surface area (Å²) >= 11 is 0. The summed E-state index contributed by atoms with van der Waals surface area (Å²) in [5.74, 6) is 0.878. The van der Waals surface area contributed by atoms with Crippen LogP contribution in [-0.2, 0) is 11.2 Å². The Morgan fingerprint density at radius 2 is 2.14 bits per heavy atom. The third-order valence-electron chi connectivity index (χ3n) is 3.56. The van der Waals surface area contributed by atoms with Crippen LogP contribution < -0.4 is 4.90 Å². The Morgan fingerprint density at radius 1 is 1.36 bits per heavy atom. The molecule has 1 aromatic heterocycles. The molecule has 1 fully saturated rings. The van der Waals surface area contributed by atoms with Gasteiger partial charge in [0.05, 0.1) is 18.1 Å². The number of morpholine rings is 1. The van der Waals surface area contributed by atoms with Gasteiger partial charge in [-0.1, -0.05) is 12.1 Å². The average molecular weight is 304 g/mol. The van der Waals surface area contributed by atoms with Crippen molar-refractivity contribution in [2.75, 3.05) is 31.2 Å². The number of hydrogen-bond donors (Lipinski definition) is 0. The van der Waals surface area contributed by atoms with Crippen LogP contribution in [0.1, 0.15) is 12.7 Å². The SMILES string of the molecule is CCc1noc(-c2ccc(N3CCOCC3)c([N+](=O)[O-])c2)n1. The highest BCUT2D eigenvalue weighted by Crippen LogP contribution is 2.33. The summed E-state index contributed by atoms with van der Waals surface area (Å²) in [4.78, 5) is 17.2. The van der Waals surface area contributed by atoms with E-state index in [4.69, 9.17) is 9.26 Å². The molecule has 0 unspecified atom stereocenters. The van der Waals surface area contributed by atoms with Crippen LogP contribution >= 0.6 is 0 Å². The fraction of sp³-hybridized carbons (Fsp3) is 0.429. The van der Waals surface area contributed by atoms with Gasteiger partial charge in [0.2, 0.25) is 0 Å². The van der Waals surface area contributed by atoms with Gasteiger partial charge >= 0.3 is 0 Å². The van der Waals surface area contributed by atoms with Crippen LogP contribution in [0.15, 0.2) is 22.7 Å². The quantitative estimate of drug-likeness (QED) is 0.630. The van der Waals surface area contributed by atoms with E-state index in [1.807, 2.05) is 11.8 Å². The molecule has 0 N–H and O–H groups in total. The van der Waals surface area contributed by atoms with Crippen LogP contribution in [0.2, 0.25) is 0 Å². The molecule has 3 rings (SSSR count). The van der Waals surface area contributed by atoms with E-state index in [2.05, 4.69) is 10.1 Å². The summed E-state index contributed by atoms with van der Waals surface area (Å²) in [6.45, 7) is 4.34. The summed E-state index contributed by atoms with van der Waals surface area (Å²) in [5, 5.41) is 15.2. The molecule has 116 valence electrons. The lowest BCUT2D eigenvalue weighted by Gasteiger charge is -2.28. The lowest BCUT2D eigenvalue weighted by molar-refractivity contribution is -0.384. The van der Waals surface area contributed by atoms with E-state index in [0.29, 0.717) is 55.7 Å². The summed E-state index contributed by atoms with van der Waals surface area (Å²) in [7, 11) is 0. The number of nitro groups is 1. The third-order valence-corrected chi connectivity index (χ3v) is 3.56. The Kier molecular flexibility index (Phi) is 4.01. The van der Waals surface area contributed by atoms with Crippen LogP contribution in [0, 0.1) is 10.1 Å². The molecule has 2 heterocycles. The molecule has 0 bridgehead atoms. The summed E-state index contributed by atoms with van der Waals surface area (Å²) in [5.41, 5.74) is 1.18. The molecule has 1 aliphatic rings. The number of aryl methyl sites for hydroxylation is 1. The number of benzene rings is 1. The Morgan fingerprint density at radius 3 is 2.77 bits per heavy atom. The zero-order valence-corrected chi connectivity index (χ0v) is 12.2. The first kappa shape index (κ1) is 14.5. The van der Waals surface area contributed by atoms with Crippen molar-refractivity contribution >= 4 is 11.4 Å². The van der Waals surface area contributed by atoms with Gasteiger partial charge in [-0.05, 0) is 12.1 Å². The van der Waals surface area contributed by atoms with Crippen molar-refractivity contribution in [3.8, 4) is 11.5 Å².